The van der Waals surface area contributed by atoms with Crippen molar-refractivity contribution < 1.29 is 13.2 Å². The third kappa shape index (κ3) is 3.26. The zero-order chi connectivity index (χ0) is 17.3. The van der Waals surface area contributed by atoms with Crippen LogP contribution in [0.15, 0.2) is 52.5 Å². The highest BCUT2D eigenvalue weighted by molar-refractivity contribution is 7.98. The number of sulfonamides is 1. The van der Waals surface area contributed by atoms with Crippen molar-refractivity contribution in [2.45, 2.75) is 10.1 Å². The van der Waals surface area contributed by atoms with Gasteiger partial charge in [-0.15, -0.1) is 11.8 Å². The molecular weight excluding hydrogens is 370 g/mol. The molecule has 0 saturated carbocycles. The number of benzene rings is 2. The van der Waals surface area contributed by atoms with Gasteiger partial charge in [-0.05, 0) is 36.6 Å². The van der Waals surface area contributed by atoms with Crippen molar-refractivity contribution in [2.75, 3.05) is 6.26 Å². The van der Waals surface area contributed by atoms with Crippen LogP contribution >= 0.6 is 23.4 Å². The second kappa shape index (κ2) is 6.46. The minimum Gasteiger partial charge on any atom is -0.327 e. The van der Waals surface area contributed by atoms with Gasteiger partial charge in [0, 0.05) is 4.90 Å². The lowest BCUT2D eigenvalue weighted by Gasteiger charge is -2.07. The molecule has 9 heteroatoms. The summed E-state index contributed by atoms with van der Waals surface area (Å²) < 4.78 is 26.7. The zero-order valence-corrected chi connectivity index (χ0v) is 14.8. The summed E-state index contributed by atoms with van der Waals surface area (Å²) in [5, 5.41) is -0.153. The van der Waals surface area contributed by atoms with Crippen molar-refractivity contribution in [3.8, 4) is 0 Å². The lowest BCUT2D eigenvalue weighted by Crippen LogP contribution is -2.31. The van der Waals surface area contributed by atoms with Crippen molar-refractivity contribution in [1.29, 1.82) is 0 Å². The van der Waals surface area contributed by atoms with Crippen molar-refractivity contribution >= 4 is 50.3 Å². The Morgan fingerprint density at radius 3 is 2.71 bits per heavy atom. The van der Waals surface area contributed by atoms with Crippen molar-refractivity contribution in [2.24, 2.45) is 0 Å². The molecule has 0 radical (unpaired) electrons. The third-order valence-corrected chi connectivity index (χ3v) is 5.48. The van der Waals surface area contributed by atoms with E-state index >= 15 is 0 Å². The molecule has 24 heavy (non-hydrogen) atoms. The fourth-order valence-electron chi connectivity index (χ4n) is 2.09. The van der Waals surface area contributed by atoms with E-state index in [1.165, 1.54) is 17.8 Å². The maximum Gasteiger partial charge on any atom is 0.298 e. The monoisotopic (exact) mass is 381 g/mol. The number of aromatic amines is 1. The van der Waals surface area contributed by atoms with E-state index in [-0.39, 0.29) is 15.7 Å². The Morgan fingerprint density at radius 2 is 2.00 bits per heavy atom. The number of carbonyl (C=O) groups is 1. The first-order chi connectivity index (χ1) is 11.4. The fourth-order valence-corrected chi connectivity index (χ4v) is 3.64. The summed E-state index contributed by atoms with van der Waals surface area (Å²) in [5.74, 6) is -0.809. The minimum absolute atomic E-state index is 0.0863. The number of nitrogens with one attached hydrogen (secondary N) is 2. The van der Waals surface area contributed by atoms with E-state index < -0.39 is 15.9 Å². The molecule has 0 aliphatic rings. The van der Waals surface area contributed by atoms with E-state index in [1.807, 2.05) is 11.0 Å². The largest absolute Gasteiger partial charge is 0.327 e. The highest BCUT2D eigenvalue weighted by Crippen LogP contribution is 2.23. The molecule has 124 valence electrons. The number of thioether (sulfide) groups is 1. The van der Waals surface area contributed by atoms with Crippen LogP contribution in [-0.4, -0.2) is 30.5 Å². The molecule has 0 aliphatic carbocycles. The number of carbonyl (C=O) groups excluding carboxylic acids is 1. The van der Waals surface area contributed by atoms with Crippen LogP contribution in [0.4, 0.5) is 0 Å². The predicted octanol–water partition coefficient (Wildman–Crippen LogP) is 3.06. The topological polar surface area (TPSA) is 91.9 Å². The lowest BCUT2D eigenvalue weighted by atomic mass is 10.2. The number of halogens is 1. The first kappa shape index (κ1) is 16.8. The summed E-state index contributed by atoms with van der Waals surface area (Å²) in [6, 6.07) is 11.7. The molecule has 0 spiro atoms. The van der Waals surface area contributed by atoms with Gasteiger partial charge in [0.2, 0.25) is 5.16 Å². The third-order valence-electron chi connectivity index (χ3n) is 3.27. The van der Waals surface area contributed by atoms with Crippen molar-refractivity contribution in [3.05, 3.63) is 53.1 Å². The van der Waals surface area contributed by atoms with Gasteiger partial charge in [0.1, 0.15) is 0 Å². The normalized spacial score (nSPS) is 11.6. The summed E-state index contributed by atoms with van der Waals surface area (Å²) in [7, 11) is -4.14. The number of amides is 1. The Kier molecular flexibility index (Phi) is 4.53. The molecule has 2 aromatic carbocycles. The van der Waals surface area contributed by atoms with Crippen molar-refractivity contribution in [3.63, 3.8) is 0 Å². The van der Waals surface area contributed by atoms with Crippen LogP contribution in [-0.2, 0) is 10.0 Å². The van der Waals surface area contributed by atoms with Crippen LogP contribution in [0.1, 0.15) is 10.4 Å². The standard InChI is InChI=1S/C15H12ClN3O3S2/c1-23-9-6-7-11(16)10(8-9)14(20)19-24(21,22)15-17-12-4-2-3-5-13(12)18-15/h2-8H,1H3,(H,17,18)(H,19,20). The van der Waals surface area contributed by atoms with E-state index in [2.05, 4.69) is 9.97 Å². The molecule has 3 aromatic rings. The number of H-pyrrole nitrogens is 1. The van der Waals surface area contributed by atoms with Gasteiger partial charge in [-0.3, -0.25) is 4.79 Å². The van der Waals surface area contributed by atoms with Gasteiger partial charge in [-0.25, -0.2) is 9.71 Å². The maximum atomic E-state index is 12.4. The number of nitrogens with zero attached hydrogens (tertiary/aromatic N) is 1. The van der Waals surface area contributed by atoms with Crippen LogP contribution in [0.5, 0.6) is 0 Å². The number of rotatable bonds is 4. The first-order valence-electron chi connectivity index (χ1n) is 6.76. The summed E-state index contributed by atoms with van der Waals surface area (Å²) in [6.45, 7) is 0. The molecule has 2 N–H and O–H groups in total. The van der Waals surface area contributed by atoms with Gasteiger partial charge in [-0.1, -0.05) is 23.7 Å². The average Bonchev–Trinajstić information content (AvgIpc) is 3.00. The second-order valence-corrected chi connectivity index (χ2v) is 7.72. The molecule has 6 nitrogen and oxygen atoms in total. The van der Waals surface area contributed by atoms with Gasteiger partial charge >= 0.3 is 0 Å². The summed E-state index contributed by atoms with van der Waals surface area (Å²) in [5.41, 5.74) is 1.14. The Labute approximate surface area is 147 Å². The number of aromatic nitrogens is 2. The smallest absolute Gasteiger partial charge is 0.298 e. The van der Waals surface area contributed by atoms with Crippen LogP contribution in [0.2, 0.25) is 5.02 Å². The molecule has 0 fully saturated rings. The Morgan fingerprint density at radius 1 is 1.25 bits per heavy atom. The quantitative estimate of drug-likeness (QED) is 0.677. The molecule has 0 saturated heterocycles. The fraction of sp³-hybridized carbons (Fsp3) is 0.0667. The van der Waals surface area contributed by atoms with Crippen LogP contribution in [0.3, 0.4) is 0 Å². The highest BCUT2D eigenvalue weighted by atomic mass is 35.5. The van der Waals surface area contributed by atoms with Gasteiger partial charge in [0.05, 0.1) is 21.6 Å². The Balaban J connectivity index is 1.93. The number of hydrogen-bond acceptors (Lipinski definition) is 5. The summed E-state index contributed by atoms with van der Waals surface area (Å²) >= 11 is 7.42. The molecule has 0 atom stereocenters. The van der Waals surface area contributed by atoms with Gasteiger partial charge in [0.25, 0.3) is 15.9 Å². The first-order valence-corrected chi connectivity index (χ1v) is 9.85. The van der Waals surface area contributed by atoms with Gasteiger partial charge in [0.15, 0.2) is 0 Å². The minimum atomic E-state index is -4.14. The molecule has 1 heterocycles. The summed E-state index contributed by atoms with van der Waals surface area (Å²) in [6.07, 6.45) is 1.84. The number of fused-ring (bicyclic) bond motifs is 1. The van der Waals surface area contributed by atoms with Gasteiger partial charge < -0.3 is 4.98 Å². The summed E-state index contributed by atoms with van der Waals surface area (Å²) in [4.78, 5) is 19.8. The molecular formula is C15H12ClN3O3S2. The molecule has 0 bridgehead atoms. The predicted molar refractivity (Wildman–Crippen MR) is 94.0 cm³/mol. The SMILES string of the molecule is CSc1ccc(Cl)c(C(=O)NS(=O)(=O)c2nc3ccccc3[nH]2)c1. The van der Waals surface area contributed by atoms with Crippen LogP contribution in [0.25, 0.3) is 11.0 Å². The second-order valence-electron chi connectivity index (χ2n) is 4.84. The van der Waals surface area contributed by atoms with Gasteiger partial charge in [-0.2, -0.15) is 8.42 Å². The Bertz CT molecular complexity index is 998. The molecule has 0 unspecified atom stereocenters. The highest BCUT2D eigenvalue weighted by Gasteiger charge is 2.23. The van der Waals surface area contributed by atoms with Crippen molar-refractivity contribution in [1.82, 2.24) is 14.7 Å². The van der Waals surface area contributed by atoms with Crippen LogP contribution < -0.4 is 4.72 Å². The van der Waals surface area contributed by atoms with E-state index in [9.17, 15) is 13.2 Å². The average molecular weight is 382 g/mol. The van der Waals surface area contributed by atoms with E-state index in [0.717, 1.165) is 4.90 Å². The molecule has 1 amide bonds. The Hall–Kier alpha value is -2.03. The molecule has 0 aliphatic heterocycles. The number of hydrogen-bond donors (Lipinski definition) is 2. The molecule has 3 rings (SSSR count). The van der Waals surface area contributed by atoms with E-state index in [0.29, 0.717) is 11.0 Å². The number of imidazole rings is 1. The van der Waals surface area contributed by atoms with Crippen LogP contribution in [0, 0.1) is 0 Å². The number of para-hydroxylation sites is 2. The lowest BCUT2D eigenvalue weighted by molar-refractivity contribution is 0.0981. The van der Waals surface area contributed by atoms with E-state index in [1.54, 1.807) is 36.4 Å². The zero-order valence-electron chi connectivity index (χ0n) is 12.4. The molecule has 1 aromatic heterocycles. The maximum absolute atomic E-state index is 12.4. The van der Waals surface area contributed by atoms with E-state index in [4.69, 9.17) is 11.6 Å².